The molecule has 0 aromatic rings. The lowest BCUT2D eigenvalue weighted by molar-refractivity contribution is -0.153. The van der Waals surface area contributed by atoms with E-state index in [1.54, 1.807) is 4.90 Å². The second-order valence-corrected chi connectivity index (χ2v) is 5.15. The molecule has 5 nitrogen and oxygen atoms in total. The van der Waals surface area contributed by atoms with Crippen molar-refractivity contribution in [1.82, 2.24) is 4.90 Å². The maximum atomic E-state index is 12.3. The molecule has 0 spiro atoms. The molecule has 2 unspecified atom stereocenters. The Kier molecular flexibility index (Phi) is 3.66. The van der Waals surface area contributed by atoms with Gasteiger partial charge in [0.2, 0.25) is 5.91 Å². The number of aliphatic carboxylic acids is 1. The second-order valence-electron chi connectivity index (χ2n) is 5.15. The van der Waals surface area contributed by atoms with Crippen LogP contribution in [0.15, 0.2) is 0 Å². The van der Waals surface area contributed by atoms with Gasteiger partial charge in [0.15, 0.2) is 0 Å². The third-order valence-electron chi connectivity index (χ3n) is 3.89. The highest BCUT2D eigenvalue weighted by atomic mass is 16.4. The van der Waals surface area contributed by atoms with Crippen molar-refractivity contribution < 1.29 is 14.7 Å². The van der Waals surface area contributed by atoms with Gasteiger partial charge in [-0.15, -0.1) is 0 Å². The minimum atomic E-state index is -0.875. The molecule has 2 rings (SSSR count). The normalized spacial score (nSPS) is 33.7. The van der Waals surface area contributed by atoms with Gasteiger partial charge in [-0.3, -0.25) is 4.79 Å². The molecule has 2 aliphatic rings. The Morgan fingerprint density at radius 3 is 2.53 bits per heavy atom. The summed E-state index contributed by atoms with van der Waals surface area (Å²) in [6, 6.07) is -0.509. The number of carbonyl (C=O) groups is 2. The van der Waals surface area contributed by atoms with E-state index < -0.39 is 12.0 Å². The minimum Gasteiger partial charge on any atom is -0.480 e. The van der Waals surface area contributed by atoms with E-state index in [0.717, 1.165) is 25.7 Å². The Balaban J connectivity index is 2.03. The maximum Gasteiger partial charge on any atom is 0.326 e. The standard InChI is InChI=1S/C12H20N2O3/c13-9-5-4-8(7-9)11(15)14-6-2-1-3-10(14)12(16)17/h8-10H,1-7,13H2,(H,16,17)/t8?,9?,10-/m0/s1. The molecule has 0 aromatic carbocycles. The van der Waals surface area contributed by atoms with Crippen molar-refractivity contribution in [2.75, 3.05) is 6.54 Å². The average molecular weight is 240 g/mol. The maximum absolute atomic E-state index is 12.3. The van der Waals surface area contributed by atoms with Gasteiger partial charge in [-0.2, -0.15) is 0 Å². The van der Waals surface area contributed by atoms with E-state index in [4.69, 9.17) is 10.8 Å². The van der Waals surface area contributed by atoms with E-state index in [1.165, 1.54) is 0 Å². The molecule has 17 heavy (non-hydrogen) atoms. The molecule has 1 aliphatic heterocycles. The lowest BCUT2D eigenvalue weighted by Crippen LogP contribution is -2.49. The summed E-state index contributed by atoms with van der Waals surface area (Å²) in [6.45, 7) is 0.585. The second kappa shape index (κ2) is 5.04. The van der Waals surface area contributed by atoms with Gasteiger partial charge in [0.05, 0.1) is 0 Å². The lowest BCUT2D eigenvalue weighted by Gasteiger charge is -2.34. The van der Waals surface area contributed by atoms with Gasteiger partial charge in [0.1, 0.15) is 6.04 Å². The van der Waals surface area contributed by atoms with Gasteiger partial charge < -0.3 is 15.7 Å². The van der Waals surface area contributed by atoms with Crippen LogP contribution in [0.3, 0.4) is 0 Å². The van der Waals surface area contributed by atoms with Gasteiger partial charge in [-0.05, 0) is 38.5 Å². The Morgan fingerprint density at radius 2 is 1.94 bits per heavy atom. The predicted molar refractivity (Wildman–Crippen MR) is 62.3 cm³/mol. The molecule has 2 fully saturated rings. The summed E-state index contributed by atoms with van der Waals surface area (Å²) in [5, 5.41) is 9.13. The van der Waals surface area contributed by atoms with Gasteiger partial charge in [-0.25, -0.2) is 4.79 Å². The molecule has 3 atom stereocenters. The molecule has 0 bridgehead atoms. The van der Waals surface area contributed by atoms with Crippen molar-refractivity contribution >= 4 is 11.9 Å². The first-order valence-electron chi connectivity index (χ1n) is 6.38. The highest BCUT2D eigenvalue weighted by Crippen LogP contribution is 2.28. The van der Waals surface area contributed by atoms with Crippen molar-refractivity contribution in [3.8, 4) is 0 Å². The molecule has 0 aromatic heterocycles. The van der Waals surface area contributed by atoms with Crippen LogP contribution in [0.25, 0.3) is 0 Å². The van der Waals surface area contributed by atoms with Crippen LogP contribution in [0.1, 0.15) is 38.5 Å². The van der Waals surface area contributed by atoms with Crippen molar-refractivity contribution in [3.63, 3.8) is 0 Å². The topological polar surface area (TPSA) is 83.6 Å². The monoisotopic (exact) mass is 240 g/mol. The number of piperidine rings is 1. The van der Waals surface area contributed by atoms with Crippen molar-refractivity contribution in [2.45, 2.75) is 50.6 Å². The zero-order valence-corrected chi connectivity index (χ0v) is 9.97. The zero-order valence-electron chi connectivity index (χ0n) is 9.97. The number of hydrogen-bond acceptors (Lipinski definition) is 3. The van der Waals surface area contributed by atoms with Crippen LogP contribution in [-0.2, 0) is 9.59 Å². The fourth-order valence-electron chi connectivity index (χ4n) is 2.93. The Bertz CT molecular complexity index is 319. The minimum absolute atomic E-state index is 0.00468. The fourth-order valence-corrected chi connectivity index (χ4v) is 2.93. The van der Waals surface area contributed by atoms with Gasteiger partial charge in [0, 0.05) is 18.5 Å². The highest BCUT2D eigenvalue weighted by molar-refractivity contribution is 5.85. The van der Waals surface area contributed by atoms with Gasteiger partial charge in [-0.1, -0.05) is 0 Å². The van der Waals surface area contributed by atoms with Crippen LogP contribution in [0.2, 0.25) is 0 Å². The summed E-state index contributed by atoms with van der Waals surface area (Å²) in [7, 11) is 0. The van der Waals surface area contributed by atoms with E-state index in [1.807, 2.05) is 0 Å². The number of rotatable bonds is 2. The van der Waals surface area contributed by atoms with E-state index >= 15 is 0 Å². The van der Waals surface area contributed by atoms with Crippen molar-refractivity contribution in [3.05, 3.63) is 0 Å². The predicted octanol–water partition coefficient (Wildman–Crippen LogP) is 0.579. The Labute approximate surface area is 101 Å². The smallest absolute Gasteiger partial charge is 0.326 e. The van der Waals surface area contributed by atoms with E-state index in [9.17, 15) is 9.59 Å². The molecule has 0 radical (unpaired) electrons. The molecule has 1 amide bonds. The molecule has 1 heterocycles. The number of likely N-dealkylation sites (tertiary alicyclic amines) is 1. The largest absolute Gasteiger partial charge is 0.480 e. The number of carbonyl (C=O) groups excluding carboxylic acids is 1. The van der Waals surface area contributed by atoms with Crippen LogP contribution >= 0.6 is 0 Å². The molecule has 5 heteroatoms. The van der Waals surface area contributed by atoms with Crippen LogP contribution in [0, 0.1) is 5.92 Å². The molecule has 3 N–H and O–H groups in total. The summed E-state index contributed by atoms with van der Waals surface area (Å²) in [4.78, 5) is 25.0. The van der Waals surface area contributed by atoms with Gasteiger partial charge >= 0.3 is 5.97 Å². The Morgan fingerprint density at radius 1 is 1.18 bits per heavy atom. The lowest BCUT2D eigenvalue weighted by atomic mass is 9.98. The van der Waals surface area contributed by atoms with Crippen molar-refractivity contribution in [1.29, 1.82) is 0 Å². The first kappa shape index (κ1) is 12.4. The van der Waals surface area contributed by atoms with Crippen LogP contribution in [-0.4, -0.2) is 40.5 Å². The Hall–Kier alpha value is -1.10. The third kappa shape index (κ3) is 2.60. The zero-order chi connectivity index (χ0) is 12.4. The summed E-state index contributed by atoms with van der Waals surface area (Å²) in [5.41, 5.74) is 5.80. The summed E-state index contributed by atoms with van der Waals surface area (Å²) in [5.74, 6) is -0.921. The van der Waals surface area contributed by atoms with Crippen LogP contribution in [0.4, 0.5) is 0 Å². The number of nitrogens with two attached hydrogens (primary N) is 1. The summed E-state index contributed by atoms with van der Waals surface area (Å²) in [6.07, 6.45) is 4.78. The SMILES string of the molecule is NC1CCC(C(=O)N2CCCC[C@H]2C(=O)O)C1. The van der Waals surface area contributed by atoms with E-state index in [0.29, 0.717) is 19.4 Å². The van der Waals surface area contributed by atoms with Crippen molar-refractivity contribution in [2.24, 2.45) is 11.7 Å². The molecule has 96 valence electrons. The molecular formula is C12H20N2O3. The fraction of sp³-hybridized carbons (Fsp3) is 0.833. The quantitative estimate of drug-likeness (QED) is 0.739. The van der Waals surface area contributed by atoms with E-state index in [-0.39, 0.29) is 17.9 Å². The highest BCUT2D eigenvalue weighted by Gasteiger charge is 2.37. The summed E-state index contributed by atoms with van der Waals surface area (Å²) >= 11 is 0. The van der Waals surface area contributed by atoms with Crippen LogP contribution in [0.5, 0.6) is 0 Å². The van der Waals surface area contributed by atoms with Gasteiger partial charge in [0.25, 0.3) is 0 Å². The molecular weight excluding hydrogens is 220 g/mol. The molecule has 1 saturated carbocycles. The number of carboxylic acids is 1. The van der Waals surface area contributed by atoms with Crippen LogP contribution < -0.4 is 5.73 Å². The molecule has 1 saturated heterocycles. The number of nitrogens with zero attached hydrogens (tertiary/aromatic N) is 1. The first-order chi connectivity index (χ1) is 8.09. The first-order valence-corrected chi connectivity index (χ1v) is 6.38. The average Bonchev–Trinajstić information content (AvgIpc) is 2.75. The van der Waals surface area contributed by atoms with E-state index in [2.05, 4.69) is 0 Å². The number of carboxylic acid groups (broad SMARTS) is 1. The molecule has 1 aliphatic carbocycles. The number of amides is 1. The summed E-state index contributed by atoms with van der Waals surface area (Å²) < 4.78 is 0. The number of hydrogen-bond donors (Lipinski definition) is 2. The third-order valence-corrected chi connectivity index (χ3v) is 3.89.